The van der Waals surface area contributed by atoms with Crippen LogP contribution in [0.1, 0.15) is 38.8 Å². The van der Waals surface area contributed by atoms with Gasteiger partial charge in [0, 0.05) is 33.2 Å². The van der Waals surface area contributed by atoms with E-state index in [0.29, 0.717) is 61.6 Å². The monoisotopic (exact) mass is 674 g/mol. The van der Waals surface area contributed by atoms with Crippen LogP contribution >= 0.6 is 0 Å². The number of benzene rings is 1. The van der Waals surface area contributed by atoms with Crippen molar-refractivity contribution < 1.29 is 48.0 Å². The van der Waals surface area contributed by atoms with E-state index in [1.807, 2.05) is 20.9 Å². The van der Waals surface area contributed by atoms with E-state index in [2.05, 4.69) is 15.0 Å². The maximum absolute atomic E-state index is 13.3. The zero-order valence-electron chi connectivity index (χ0n) is 25.9. The summed E-state index contributed by atoms with van der Waals surface area (Å²) >= 11 is 0. The number of ether oxygens (including phenoxy) is 1. The molecular weight excluding hydrogens is 635 g/mol. The van der Waals surface area contributed by atoms with Crippen molar-refractivity contribution in [1.82, 2.24) is 29.0 Å². The van der Waals surface area contributed by atoms with Crippen molar-refractivity contribution in [2.45, 2.75) is 50.0 Å². The number of carboxylic acids is 3. The molecule has 47 heavy (non-hydrogen) atoms. The summed E-state index contributed by atoms with van der Waals surface area (Å²) in [7, 11) is -0.00831. The summed E-state index contributed by atoms with van der Waals surface area (Å²) in [6, 6.07) is 4.71. The van der Waals surface area contributed by atoms with E-state index in [9.17, 15) is 27.6 Å². The molecule has 0 aliphatic carbocycles. The van der Waals surface area contributed by atoms with Gasteiger partial charge in [-0.25, -0.2) is 18.2 Å². The predicted molar refractivity (Wildman–Crippen MR) is 170 cm³/mol. The van der Waals surface area contributed by atoms with E-state index >= 15 is 0 Å². The van der Waals surface area contributed by atoms with Crippen molar-refractivity contribution in [3.8, 4) is 17.1 Å². The quantitative estimate of drug-likeness (QED) is 0.155. The third kappa shape index (κ3) is 9.40. The molecule has 254 valence electrons. The van der Waals surface area contributed by atoms with Gasteiger partial charge in [0.2, 0.25) is 10.0 Å². The van der Waals surface area contributed by atoms with Gasteiger partial charge in [-0.2, -0.15) is 9.40 Å². The molecule has 0 saturated carbocycles. The van der Waals surface area contributed by atoms with Gasteiger partial charge in [0.1, 0.15) is 17.1 Å². The molecule has 0 spiro atoms. The molecule has 2 aromatic heterocycles. The molecule has 1 aromatic carbocycles. The fourth-order valence-corrected chi connectivity index (χ4v) is 6.26. The molecule has 0 amide bonds. The van der Waals surface area contributed by atoms with Crippen molar-refractivity contribution in [1.29, 1.82) is 0 Å². The number of hydrogen-bond donors (Lipinski definition) is 5. The molecule has 19 heteroatoms. The Hall–Kier alpha value is -3.79. The summed E-state index contributed by atoms with van der Waals surface area (Å²) in [6.45, 7) is 6.48. The molecule has 1 saturated heterocycles. The second-order valence-corrected chi connectivity index (χ2v) is 12.6. The molecule has 0 unspecified atom stereocenters. The van der Waals surface area contributed by atoms with E-state index in [0.717, 1.165) is 12.1 Å². The van der Waals surface area contributed by atoms with E-state index in [-0.39, 0.29) is 35.1 Å². The third-order valence-corrected chi connectivity index (χ3v) is 9.04. The number of rotatable bonds is 12. The van der Waals surface area contributed by atoms with Crippen LogP contribution in [0.4, 0.5) is 0 Å². The number of piperazine rings is 1. The van der Waals surface area contributed by atoms with E-state index in [1.54, 1.807) is 25.2 Å². The minimum absolute atomic E-state index is 0. The first kappa shape index (κ1) is 39.4. The van der Waals surface area contributed by atoms with Crippen molar-refractivity contribution in [3.63, 3.8) is 0 Å². The SMILES string of the molecule is CCCc1nn(C)c2c(=O)[nH]c(-c3cc(S(=O)(=O)N4CCN(C)CC4)ccc3OCC)nc12.O=C(O)CC(O)(CC(=O)O)C(=O)O.[LiH]. The van der Waals surface area contributed by atoms with E-state index in [4.69, 9.17) is 30.1 Å². The molecule has 17 nitrogen and oxygen atoms in total. The summed E-state index contributed by atoms with van der Waals surface area (Å²) in [6.07, 6.45) is -0.745. The standard InChI is InChI=1S/C22H30N6O4S.C6H8O7.Li.H/c1-5-7-17-19-20(27(4)25-17)22(29)24-21(23-19)16-14-15(8-9-18(16)32-6-2)33(30,31)28-12-10-26(3)11-13-28;7-3(8)1-6(13,5(11)12)2-4(9)10;;/h8-9,14H,5-7,10-13H2,1-4H3,(H,23,24,29);13H,1-2H2,(H,7,8)(H,9,10)(H,11,12);;. The van der Waals surface area contributed by atoms with Gasteiger partial charge in [0.25, 0.3) is 5.56 Å². The van der Waals surface area contributed by atoms with Crippen LogP contribution in [-0.2, 0) is 37.9 Å². The van der Waals surface area contributed by atoms with Crippen molar-refractivity contribution >= 4 is 57.8 Å². The van der Waals surface area contributed by atoms with Crippen LogP contribution < -0.4 is 10.3 Å². The first-order valence-electron chi connectivity index (χ1n) is 14.3. The number of aromatic amines is 1. The maximum atomic E-state index is 13.3. The average Bonchev–Trinajstić information content (AvgIpc) is 3.28. The third-order valence-electron chi connectivity index (χ3n) is 7.14. The van der Waals surface area contributed by atoms with Gasteiger partial charge in [0.15, 0.2) is 11.1 Å². The molecule has 1 aliphatic rings. The second-order valence-electron chi connectivity index (χ2n) is 10.7. The van der Waals surface area contributed by atoms with Gasteiger partial charge < -0.3 is 35.0 Å². The Labute approximate surface area is 282 Å². The van der Waals surface area contributed by atoms with Crippen LogP contribution in [0.2, 0.25) is 0 Å². The molecular formula is C28H39LiN6O11S. The Morgan fingerprint density at radius 3 is 2.13 bits per heavy atom. The number of aliphatic hydroxyl groups is 1. The molecule has 5 N–H and O–H groups in total. The molecule has 1 fully saturated rings. The van der Waals surface area contributed by atoms with Crippen molar-refractivity contribution in [3.05, 3.63) is 34.2 Å². The van der Waals surface area contributed by atoms with E-state index < -0.39 is 46.4 Å². The number of aryl methyl sites for hydroxylation is 2. The Morgan fingerprint density at radius 2 is 1.62 bits per heavy atom. The number of carboxylic acid groups (broad SMARTS) is 3. The number of sulfonamides is 1. The number of hydrogen-bond acceptors (Lipinski definition) is 11. The number of aliphatic carboxylic acids is 3. The number of nitrogens with one attached hydrogen (secondary N) is 1. The van der Waals surface area contributed by atoms with Crippen LogP contribution in [0.15, 0.2) is 27.9 Å². The second kappa shape index (κ2) is 16.4. The van der Waals surface area contributed by atoms with Gasteiger partial charge in [0.05, 0.1) is 35.6 Å². The zero-order chi connectivity index (χ0) is 34.4. The summed E-state index contributed by atoms with van der Waals surface area (Å²) in [5.41, 5.74) is -0.993. The van der Waals surface area contributed by atoms with Crippen molar-refractivity contribution in [2.75, 3.05) is 39.8 Å². The van der Waals surface area contributed by atoms with Gasteiger partial charge in [-0.05, 0) is 38.6 Å². The normalized spacial score (nSPS) is 14.1. The summed E-state index contributed by atoms with van der Waals surface area (Å²) in [4.78, 5) is 53.1. The number of H-pyrrole nitrogens is 1. The number of aromatic nitrogens is 4. The molecule has 0 radical (unpaired) electrons. The van der Waals surface area contributed by atoms with Gasteiger partial charge in [-0.1, -0.05) is 13.3 Å². The van der Waals surface area contributed by atoms with Gasteiger partial charge in [-0.15, -0.1) is 0 Å². The summed E-state index contributed by atoms with van der Waals surface area (Å²) < 4.78 is 35.4. The molecule has 1 aliphatic heterocycles. The molecule has 3 aromatic rings. The van der Waals surface area contributed by atoms with Gasteiger partial charge >= 0.3 is 36.8 Å². The van der Waals surface area contributed by atoms with Crippen LogP contribution in [-0.4, -0.2) is 140 Å². The van der Waals surface area contributed by atoms with Crippen LogP contribution in [0.5, 0.6) is 5.75 Å². The fourth-order valence-electron chi connectivity index (χ4n) is 4.81. The number of nitrogens with zero attached hydrogens (tertiary/aromatic N) is 5. The Balaban J connectivity index is 0.000000468. The first-order chi connectivity index (χ1) is 21.5. The Morgan fingerprint density at radius 1 is 1.02 bits per heavy atom. The Bertz CT molecular complexity index is 1750. The molecule has 0 atom stereocenters. The summed E-state index contributed by atoms with van der Waals surface area (Å²) in [5, 5.41) is 38.3. The minimum atomic E-state index is -3.70. The Kier molecular flexibility index (Phi) is 13.7. The fraction of sp³-hybridized carbons (Fsp3) is 0.500. The number of likely N-dealkylation sites (N-methyl/N-ethyl adjacent to an activating group) is 1. The average molecular weight is 675 g/mol. The topological polar surface area (TPSA) is 246 Å². The molecule has 0 bridgehead atoms. The summed E-state index contributed by atoms with van der Waals surface area (Å²) in [5.74, 6) is -4.30. The predicted octanol–water partition coefficient (Wildman–Crippen LogP) is -0.286. The van der Waals surface area contributed by atoms with Gasteiger partial charge in [-0.3, -0.25) is 19.1 Å². The van der Waals surface area contributed by atoms with Crippen molar-refractivity contribution in [2.24, 2.45) is 7.05 Å². The van der Waals surface area contributed by atoms with Crippen LogP contribution in [0.25, 0.3) is 22.4 Å². The van der Waals surface area contributed by atoms with E-state index in [1.165, 1.54) is 8.99 Å². The van der Waals surface area contributed by atoms with Crippen LogP contribution in [0, 0.1) is 0 Å². The number of carbonyl (C=O) groups is 3. The van der Waals surface area contributed by atoms with Crippen LogP contribution in [0.3, 0.4) is 0 Å². The molecule has 4 rings (SSSR count). The zero-order valence-corrected chi connectivity index (χ0v) is 26.7. The first-order valence-corrected chi connectivity index (χ1v) is 15.8. The number of fused-ring (bicyclic) bond motifs is 1. The molecule has 3 heterocycles.